The molecule has 0 aliphatic carbocycles. The Labute approximate surface area is 102 Å². The number of carbonyl (C=O) groups is 1. The quantitative estimate of drug-likeness (QED) is 0.868. The summed E-state index contributed by atoms with van der Waals surface area (Å²) in [5.41, 5.74) is 0.589. The van der Waals surface area contributed by atoms with Crippen molar-refractivity contribution in [2.24, 2.45) is 0 Å². The lowest BCUT2D eigenvalue weighted by Gasteiger charge is -2.03. The molecule has 0 atom stereocenters. The summed E-state index contributed by atoms with van der Waals surface area (Å²) in [6.07, 6.45) is 0.116. The number of aryl methyl sites for hydroxylation is 1. The van der Waals surface area contributed by atoms with Crippen LogP contribution in [0.15, 0.2) is 24.3 Å². The molecule has 1 amide bonds. The first kappa shape index (κ1) is 11.5. The van der Waals surface area contributed by atoms with Crippen LogP contribution in [0.4, 0.5) is 5.13 Å². The van der Waals surface area contributed by atoms with Crippen LogP contribution >= 0.6 is 11.5 Å². The molecule has 1 heterocycles. The van der Waals surface area contributed by atoms with Crippen LogP contribution < -0.4 is 5.32 Å². The number of phenolic OH excluding ortho intramolecular Hbond substituents is 1. The van der Waals surface area contributed by atoms with Gasteiger partial charge in [0.15, 0.2) is 0 Å². The largest absolute Gasteiger partial charge is 0.508 e. The molecule has 1 aromatic heterocycles. The molecule has 0 aliphatic heterocycles. The molecule has 88 valence electrons. The number of para-hydroxylation sites is 1. The molecule has 6 heteroatoms. The Kier molecular flexibility index (Phi) is 3.34. The Hall–Kier alpha value is -1.95. The van der Waals surface area contributed by atoms with E-state index in [0.717, 1.165) is 11.5 Å². The molecule has 1 aromatic carbocycles. The van der Waals surface area contributed by atoms with Crippen molar-refractivity contribution in [3.63, 3.8) is 0 Å². The number of hydrogen-bond acceptors (Lipinski definition) is 5. The van der Waals surface area contributed by atoms with E-state index >= 15 is 0 Å². The Morgan fingerprint density at radius 3 is 2.88 bits per heavy atom. The second-order valence-electron chi connectivity index (χ2n) is 3.50. The number of aromatic hydroxyl groups is 1. The normalized spacial score (nSPS) is 10.2. The molecule has 0 unspecified atom stereocenters. The highest BCUT2D eigenvalue weighted by molar-refractivity contribution is 7.09. The van der Waals surface area contributed by atoms with Crippen molar-refractivity contribution >= 4 is 22.6 Å². The van der Waals surface area contributed by atoms with Gasteiger partial charge in [0.1, 0.15) is 11.6 Å². The third kappa shape index (κ3) is 3.01. The average Bonchev–Trinajstić information content (AvgIpc) is 2.67. The first-order valence-corrected chi connectivity index (χ1v) is 5.79. The third-order valence-corrected chi connectivity index (χ3v) is 2.84. The van der Waals surface area contributed by atoms with Crippen LogP contribution in [0.5, 0.6) is 5.75 Å². The number of hydrogen-bond donors (Lipinski definition) is 2. The fraction of sp³-hybridized carbons (Fsp3) is 0.182. The number of carbonyl (C=O) groups excluding carboxylic acids is 1. The van der Waals surface area contributed by atoms with Crippen LogP contribution in [0.1, 0.15) is 11.4 Å². The van der Waals surface area contributed by atoms with Gasteiger partial charge in [0.25, 0.3) is 0 Å². The van der Waals surface area contributed by atoms with Crippen molar-refractivity contribution < 1.29 is 9.90 Å². The summed E-state index contributed by atoms with van der Waals surface area (Å²) >= 11 is 1.14. The fourth-order valence-corrected chi connectivity index (χ4v) is 1.94. The highest BCUT2D eigenvalue weighted by Gasteiger charge is 2.09. The molecule has 0 spiro atoms. The van der Waals surface area contributed by atoms with Crippen molar-refractivity contribution in [2.75, 3.05) is 5.32 Å². The Bertz CT molecular complexity index is 539. The van der Waals surface area contributed by atoms with E-state index in [1.807, 2.05) is 0 Å². The second kappa shape index (κ2) is 4.92. The van der Waals surface area contributed by atoms with Crippen molar-refractivity contribution in [2.45, 2.75) is 13.3 Å². The zero-order chi connectivity index (χ0) is 12.3. The number of anilines is 1. The second-order valence-corrected chi connectivity index (χ2v) is 4.25. The fourth-order valence-electron chi connectivity index (χ4n) is 1.34. The summed E-state index contributed by atoms with van der Waals surface area (Å²) in [5.74, 6) is 0.534. The summed E-state index contributed by atoms with van der Waals surface area (Å²) in [5, 5.41) is 12.6. The molecule has 0 aliphatic rings. The van der Waals surface area contributed by atoms with Crippen LogP contribution in [0.2, 0.25) is 0 Å². The number of aromatic nitrogens is 2. The number of amides is 1. The molecular formula is C11H11N3O2S. The molecule has 0 saturated heterocycles. The number of nitrogens with one attached hydrogen (secondary N) is 1. The molecule has 5 nitrogen and oxygen atoms in total. The van der Waals surface area contributed by atoms with Gasteiger partial charge < -0.3 is 10.4 Å². The monoisotopic (exact) mass is 249 g/mol. The van der Waals surface area contributed by atoms with Crippen LogP contribution in [-0.4, -0.2) is 20.4 Å². The van der Waals surface area contributed by atoms with Gasteiger partial charge in [0, 0.05) is 17.1 Å². The van der Waals surface area contributed by atoms with Gasteiger partial charge in [-0.15, -0.1) is 0 Å². The predicted octanol–water partition coefficient (Wildman–Crippen LogP) is 1.73. The maximum absolute atomic E-state index is 11.7. The van der Waals surface area contributed by atoms with E-state index in [2.05, 4.69) is 14.7 Å². The number of rotatable bonds is 3. The minimum atomic E-state index is -0.220. The molecule has 2 rings (SSSR count). The maximum atomic E-state index is 11.7. The van der Waals surface area contributed by atoms with Crippen molar-refractivity contribution in [3.05, 3.63) is 35.7 Å². The minimum Gasteiger partial charge on any atom is -0.508 e. The summed E-state index contributed by atoms with van der Waals surface area (Å²) in [7, 11) is 0. The van der Waals surface area contributed by atoms with Gasteiger partial charge in [-0.3, -0.25) is 4.79 Å². The van der Waals surface area contributed by atoms with Crippen LogP contribution in [0.25, 0.3) is 0 Å². The van der Waals surface area contributed by atoms with E-state index in [-0.39, 0.29) is 18.1 Å². The lowest BCUT2D eigenvalue weighted by Crippen LogP contribution is -2.14. The van der Waals surface area contributed by atoms with Crippen molar-refractivity contribution in [3.8, 4) is 5.75 Å². The molecule has 0 fully saturated rings. The molecule has 2 aromatic rings. The zero-order valence-corrected chi connectivity index (χ0v) is 9.99. The van der Waals surface area contributed by atoms with Gasteiger partial charge in [0.2, 0.25) is 11.0 Å². The van der Waals surface area contributed by atoms with E-state index in [1.54, 1.807) is 31.2 Å². The predicted molar refractivity (Wildman–Crippen MR) is 65.1 cm³/mol. The Morgan fingerprint density at radius 2 is 2.24 bits per heavy atom. The molecule has 0 radical (unpaired) electrons. The molecular weight excluding hydrogens is 238 g/mol. The van der Waals surface area contributed by atoms with Gasteiger partial charge in [-0.1, -0.05) is 18.2 Å². The smallest absolute Gasteiger partial charge is 0.230 e. The highest BCUT2D eigenvalue weighted by Crippen LogP contribution is 2.17. The van der Waals surface area contributed by atoms with Crippen molar-refractivity contribution in [1.82, 2.24) is 9.36 Å². The topological polar surface area (TPSA) is 75.1 Å². The minimum absolute atomic E-state index is 0.116. The van der Waals surface area contributed by atoms with E-state index in [1.165, 1.54) is 0 Å². The van der Waals surface area contributed by atoms with E-state index in [9.17, 15) is 9.90 Å². The average molecular weight is 249 g/mol. The Morgan fingerprint density at radius 1 is 1.47 bits per heavy atom. The van der Waals surface area contributed by atoms with Crippen LogP contribution in [-0.2, 0) is 11.2 Å². The van der Waals surface area contributed by atoms with Gasteiger partial charge in [-0.2, -0.15) is 4.37 Å². The lowest BCUT2D eigenvalue weighted by molar-refractivity contribution is -0.115. The van der Waals surface area contributed by atoms with Gasteiger partial charge in [-0.05, 0) is 13.0 Å². The number of benzene rings is 1. The van der Waals surface area contributed by atoms with E-state index < -0.39 is 0 Å². The van der Waals surface area contributed by atoms with E-state index in [4.69, 9.17) is 0 Å². The standard InChI is InChI=1S/C11H11N3O2S/c1-7-12-11(17-14-7)13-10(16)6-8-4-2-3-5-9(8)15/h2-5,15H,6H2,1H3,(H,12,13,14,16). The SMILES string of the molecule is Cc1nsc(NC(=O)Cc2ccccc2O)n1. The molecule has 17 heavy (non-hydrogen) atoms. The zero-order valence-electron chi connectivity index (χ0n) is 9.17. The van der Waals surface area contributed by atoms with Gasteiger partial charge in [0.05, 0.1) is 6.42 Å². The molecule has 2 N–H and O–H groups in total. The molecule has 0 bridgehead atoms. The van der Waals surface area contributed by atoms with Gasteiger partial charge in [-0.25, -0.2) is 4.98 Å². The number of nitrogens with zero attached hydrogens (tertiary/aromatic N) is 2. The van der Waals surface area contributed by atoms with Crippen LogP contribution in [0, 0.1) is 6.92 Å². The van der Waals surface area contributed by atoms with Crippen molar-refractivity contribution in [1.29, 1.82) is 0 Å². The van der Waals surface area contributed by atoms with Crippen LogP contribution in [0.3, 0.4) is 0 Å². The summed E-state index contributed by atoms with van der Waals surface area (Å²) < 4.78 is 3.96. The Balaban J connectivity index is 2.01. The summed E-state index contributed by atoms with van der Waals surface area (Å²) in [6.45, 7) is 1.76. The third-order valence-electron chi connectivity index (χ3n) is 2.12. The first-order valence-electron chi connectivity index (χ1n) is 5.02. The number of phenols is 1. The summed E-state index contributed by atoms with van der Waals surface area (Å²) in [6, 6.07) is 6.75. The summed E-state index contributed by atoms with van der Waals surface area (Å²) in [4.78, 5) is 15.7. The maximum Gasteiger partial charge on any atom is 0.230 e. The first-order chi connectivity index (χ1) is 8.15. The molecule has 0 saturated carbocycles. The highest BCUT2D eigenvalue weighted by atomic mass is 32.1. The van der Waals surface area contributed by atoms with E-state index in [0.29, 0.717) is 16.5 Å². The van der Waals surface area contributed by atoms with Gasteiger partial charge >= 0.3 is 0 Å². The lowest BCUT2D eigenvalue weighted by atomic mass is 10.1.